The fourth-order valence-corrected chi connectivity index (χ4v) is 9.61. The van der Waals surface area contributed by atoms with Crippen molar-refractivity contribution in [2.45, 2.75) is 110 Å². The van der Waals surface area contributed by atoms with Gasteiger partial charge in [0.1, 0.15) is 6.61 Å². The van der Waals surface area contributed by atoms with Gasteiger partial charge in [0.15, 0.2) is 0 Å². The quantitative estimate of drug-likeness (QED) is 0.510. The molecule has 0 aromatic heterocycles. The van der Waals surface area contributed by atoms with Crippen LogP contribution in [0.25, 0.3) is 0 Å². The minimum Gasteiger partial charge on any atom is -0.390 e. The van der Waals surface area contributed by atoms with Crippen molar-refractivity contribution in [3.63, 3.8) is 0 Å². The lowest BCUT2D eigenvalue weighted by Crippen LogP contribution is -2.60. The van der Waals surface area contributed by atoms with Gasteiger partial charge in [-0.1, -0.05) is 27.7 Å². The zero-order chi connectivity index (χ0) is 23.5. The number of methoxy groups -OCH3 is 1. The second kappa shape index (κ2) is 8.45. The molecule has 0 bridgehead atoms. The van der Waals surface area contributed by atoms with Crippen LogP contribution in [0, 0.1) is 46.3 Å². The van der Waals surface area contributed by atoms with Crippen molar-refractivity contribution >= 4 is 0 Å². The molecular weight excluding hydrogens is 410 g/mol. The summed E-state index contributed by atoms with van der Waals surface area (Å²) in [4.78, 5) is 0. The van der Waals surface area contributed by atoms with Gasteiger partial charge in [0.25, 0.3) is 5.92 Å². The largest absolute Gasteiger partial charge is 0.390 e. The van der Waals surface area contributed by atoms with Gasteiger partial charge in [-0.3, -0.25) is 0 Å². The zero-order valence-electron chi connectivity index (χ0n) is 20.9. The van der Waals surface area contributed by atoms with Crippen molar-refractivity contribution < 1.29 is 23.7 Å². The van der Waals surface area contributed by atoms with Gasteiger partial charge in [-0.05, 0) is 104 Å². The minimum absolute atomic E-state index is 0.0226. The predicted molar refractivity (Wildman–Crippen MR) is 122 cm³/mol. The van der Waals surface area contributed by atoms with E-state index in [9.17, 15) is 13.9 Å². The summed E-state index contributed by atoms with van der Waals surface area (Å²) < 4.78 is 34.3. The molecule has 0 aromatic carbocycles. The Kier molecular flexibility index (Phi) is 6.56. The molecule has 32 heavy (non-hydrogen) atoms. The van der Waals surface area contributed by atoms with Crippen LogP contribution >= 0.6 is 0 Å². The fraction of sp³-hybridized carbons (Fsp3) is 1.00. The molecule has 5 heteroatoms. The second-order valence-electron chi connectivity index (χ2n) is 12.7. The number of halogens is 2. The molecule has 4 saturated carbocycles. The van der Waals surface area contributed by atoms with Gasteiger partial charge in [0, 0.05) is 13.5 Å². The number of fused-ring (bicyclic) bond motifs is 5. The normalized spacial score (nSPS) is 49.8. The molecule has 0 amide bonds. The molecule has 0 aromatic rings. The van der Waals surface area contributed by atoms with E-state index in [1.165, 1.54) is 12.8 Å². The lowest BCUT2D eigenvalue weighted by atomic mass is 9.42. The van der Waals surface area contributed by atoms with Crippen molar-refractivity contribution in [2.24, 2.45) is 46.3 Å². The van der Waals surface area contributed by atoms with Crippen LogP contribution in [0.15, 0.2) is 0 Å². The molecule has 10 atom stereocenters. The zero-order valence-corrected chi connectivity index (χ0v) is 20.9. The highest BCUT2D eigenvalue weighted by molar-refractivity contribution is 5.13. The summed E-state index contributed by atoms with van der Waals surface area (Å²) in [5, 5.41) is 20.2. The average Bonchev–Trinajstić information content (AvgIpc) is 3.10. The van der Waals surface area contributed by atoms with Gasteiger partial charge in [-0.15, -0.1) is 0 Å². The van der Waals surface area contributed by atoms with Crippen LogP contribution in [0.4, 0.5) is 8.78 Å². The Labute approximate surface area is 193 Å². The number of aliphatic hydroxyl groups is 2. The highest BCUT2D eigenvalue weighted by Crippen LogP contribution is 2.69. The minimum atomic E-state index is -2.99. The maximum absolute atomic E-state index is 14.0. The van der Waals surface area contributed by atoms with Crippen LogP contribution < -0.4 is 0 Å². The van der Waals surface area contributed by atoms with Crippen molar-refractivity contribution in [3.05, 3.63) is 0 Å². The molecule has 0 saturated heterocycles. The molecule has 4 aliphatic carbocycles. The van der Waals surface area contributed by atoms with Crippen LogP contribution in [-0.2, 0) is 4.74 Å². The van der Waals surface area contributed by atoms with Crippen LogP contribution in [0.2, 0.25) is 0 Å². The lowest BCUT2D eigenvalue weighted by molar-refractivity contribution is -0.200. The van der Waals surface area contributed by atoms with Gasteiger partial charge >= 0.3 is 0 Å². The summed E-state index contributed by atoms with van der Waals surface area (Å²) in [7, 11) is 1.84. The summed E-state index contributed by atoms with van der Waals surface area (Å²) >= 11 is 0. The van der Waals surface area contributed by atoms with Gasteiger partial charge in [0.05, 0.1) is 11.7 Å². The van der Waals surface area contributed by atoms with Crippen LogP contribution in [0.3, 0.4) is 0 Å². The Morgan fingerprint density at radius 1 is 1.06 bits per heavy atom. The Hall–Kier alpha value is -0.260. The van der Waals surface area contributed by atoms with Crippen LogP contribution in [-0.4, -0.2) is 41.6 Å². The number of rotatable bonds is 6. The first-order valence-corrected chi connectivity index (χ1v) is 13.2. The van der Waals surface area contributed by atoms with E-state index in [2.05, 4.69) is 20.8 Å². The van der Waals surface area contributed by atoms with Gasteiger partial charge < -0.3 is 14.9 Å². The monoisotopic (exact) mass is 456 g/mol. The first-order valence-electron chi connectivity index (χ1n) is 13.2. The fourth-order valence-electron chi connectivity index (χ4n) is 9.61. The molecule has 0 aliphatic heterocycles. The molecule has 0 heterocycles. The summed E-state index contributed by atoms with van der Waals surface area (Å²) in [6.45, 7) is 7.85. The molecule has 2 N–H and O–H groups in total. The third-order valence-corrected chi connectivity index (χ3v) is 11.3. The maximum Gasteiger partial charge on any atom is 0.270 e. The predicted octanol–water partition coefficient (Wildman–Crippen LogP) is 6.07. The topological polar surface area (TPSA) is 49.7 Å². The molecule has 4 rings (SSSR count). The Morgan fingerprint density at radius 2 is 1.78 bits per heavy atom. The first kappa shape index (κ1) is 24.9. The SMILES string of the molecule is CC[C@]1(O)CC[C@@]2(C)[C@@H](CC[C@@H]3[C@@H]2[C@@H](OC)CC2(C)[C@@H]([C@H](C)CC(F)(F)CO)CC[C@@H]32)C1. The van der Waals surface area contributed by atoms with Crippen molar-refractivity contribution in [2.75, 3.05) is 13.7 Å². The average molecular weight is 457 g/mol. The van der Waals surface area contributed by atoms with Gasteiger partial charge in [-0.25, -0.2) is 8.78 Å². The molecule has 1 unspecified atom stereocenters. The Balaban J connectivity index is 1.60. The molecule has 186 valence electrons. The molecule has 4 aliphatic rings. The lowest BCUT2D eigenvalue weighted by Gasteiger charge is -2.64. The van der Waals surface area contributed by atoms with E-state index in [0.717, 1.165) is 44.9 Å². The second-order valence-corrected chi connectivity index (χ2v) is 12.7. The summed E-state index contributed by atoms with van der Waals surface area (Å²) in [6.07, 6.45) is 9.08. The van der Waals surface area contributed by atoms with E-state index in [0.29, 0.717) is 23.7 Å². The number of aliphatic hydroxyl groups excluding tert-OH is 1. The van der Waals surface area contributed by atoms with E-state index >= 15 is 0 Å². The van der Waals surface area contributed by atoms with E-state index < -0.39 is 18.1 Å². The van der Waals surface area contributed by atoms with Crippen molar-refractivity contribution in [1.82, 2.24) is 0 Å². The molecule has 4 fully saturated rings. The number of alkyl halides is 2. The van der Waals surface area contributed by atoms with Crippen molar-refractivity contribution in [3.8, 4) is 0 Å². The van der Waals surface area contributed by atoms with E-state index in [4.69, 9.17) is 9.84 Å². The standard InChI is InChI=1S/C27H46F2O3/c1-6-26(31)12-11-24(3)18(14-26)7-8-19-21-10-9-20(17(2)13-27(28,29)16-30)25(21,4)15-22(32-5)23(19)24/h17-23,30-31H,6-16H2,1-5H3/t17-,18+,19+,20-,21+,22+,23-,24+,25?,26+/m1/s1. The molecular formula is C27H46F2O3. The highest BCUT2D eigenvalue weighted by atomic mass is 19.3. The number of hydrogen-bond donors (Lipinski definition) is 2. The van der Waals surface area contributed by atoms with E-state index in [-0.39, 0.29) is 35.2 Å². The third kappa shape index (κ3) is 3.86. The molecule has 0 radical (unpaired) electrons. The number of ether oxygens (including phenoxy) is 1. The Morgan fingerprint density at radius 3 is 2.41 bits per heavy atom. The first-order chi connectivity index (χ1) is 14.9. The molecule has 0 spiro atoms. The molecule has 3 nitrogen and oxygen atoms in total. The van der Waals surface area contributed by atoms with Gasteiger partial charge in [-0.2, -0.15) is 0 Å². The van der Waals surface area contributed by atoms with Crippen LogP contribution in [0.1, 0.15) is 91.9 Å². The summed E-state index contributed by atoms with van der Waals surface area (Å²) in [5.74, 6) is -0.646. The summed E-state index contributed by atoms with van der Waals surface area (Å²) in [5.41, 5.74) is -0.288. The Bertz CT molecular complexity index is 686. The third-order valence-electron chi connectivity index (χ3n) is 11.3. The van der Waals surface area contributed by atoms with Gasteiger partial charge in [0.2, 0.25) is 0 Å². The smallest absolute Gasteiger partial charge is 0.270 e. The maximum atomic E-state index is 14.0. The van der Waals surface area contributed by atoms with E-state index in [1.54, 1.807) is 0 Å². The number of hydrogen-bond acceptors (Lipinski definition) is 3. The van der Waals surface area contributed by atoms with Crippen molar-refractivity contribution in [1.29, 1.82) is 0 Å². The van der Waals surface area contributed by atoms with E-state index in [1.807, 2.05) is 14.0 Å². The summed E-state index contributed by atoms with van der Waals surface area (Å²) in [6, 6.07) is 0. The highest BCUT2D eigenvalue weighted by Gasteiger charge is 2.64. The van der Waals surface area contributed by atoms with Crippen LogP contribution in [0.5, 0.6) is 0 Å².